The maximum absolute atomic E-state index is 11.6. The highest BCUT2D eigenvalue weighted by molar-refractivity contribution is 7.89. The highest BCUT2D eigenvalue weighted by atomic mass is 32.2. The molecule has 0 saturated heterocycles. The summed E-state index contributed by atoms with van der Waals surface area (Å²) in [6.45, 7) is 4.36. The largest absolute Gasteiger partial charge is 0.263 e. The van der Waals surface area contributed by atoms with Gasteiger partial charge in [0.2, 0.25) is 10.0 Å². The van der Waals surface area contributed by atoms with Crippen LogP contribution in [0.3, 0.4) is 0 Å². The van der Waals surface area contributed by atoms with Crippen molar-refractivity contribution in [2.45, 2.75) is 44.4 Å². The molecule has 1 aliphatic rings. The molecule has 1 atom stereocenters. The number of nitrogens with zero attached hydrogens (tertiary/aromatic N) is 2. The lowest BCUT2D eigenvalue weighted by molar-refractivity contribution is 0.597. The molecule has 0 radical (unpaired) electrons. The molecule has 2 heterocycles. The Morgan fingerprint density at radius 3 is 2.59 bits per heavy atom. The molecule has 1 aliphatic heterocycles. The molecule has 0 aliphatic carbocycles. The van der Waals surface area contributed by atoms with Crippen LogP contribution in [0.25, 0.3) is 17.2 Å². The lowest BCUT2D eigenvalue weighted by Gasteiger charge is -2.13. The summed E-state index contributed by atoms with van der Waals surface area (Å²) in [7, 11) is -3.79. The second-order valence-corrected chi connectivity index (χ2v) is 8.40. The first-order valence-electron chi connectivity index (χ1n) is 9.30. The van der Waals surface area contributed by atoms with E-state index in [1.165, 1.54) is 11.9 Å². The predicted octanol–water partition coefficient (Wildman–Crippen LogP) is 4.71. The van der Waals surface area contributed by atoms with Crippen LogP contribution >= 0.6 is 0 Å². The average molecular weight is 384 g/mol. The third-order valence-corrected chi connectivity index (χ3v) is 5.59. The Morgan fingerprint density at radius 2 is 1.89 bits per heavy atom. The zero-order valence-electron chi connectivity index (χ0n) is 15.7. The van der Waals surface area contributed by atoms with E-state index in [0.717, 1.165) is 42.5 Å². The normalized spacial score (nSPS) is 16.6. The first kappa shape index (κ1) is 19.5. The summed E-state index contributed by atoms with van der Waals surface area (Å²) >= 11 is 0. The number of rotatable bonds is 6. The molecule has 142 valence electrons. The Labute approximate surface area is 161 Å². The molecule has 1 aromatic heterocycles. The van der Waals surface area contributed by atoms with Crippen LogP contribution in [0.5, 0.6) is 0 Å². The third kappa shape index (κ3) is 4.51. The molecule has 2 aromatic rings. The molecule has 0 bridgehead atoms. The molecule has 0 saturated carbocycles. The van der Waals surface area contributed by atoms with Crippen LogP contribution in [0, 0.1) is 5.92 Å². The van der Waals surface area contributed by atoms with Gasteiger partial charge in [-0.3, -0.25) is 9.98 Å². The molecular formula is C21H25N3O2S. The van der Waals surface area contributed by atoms with Gasteiger partial charge >= 0.3 is 0 Å². The fourth-order valence-electron chi connectivity index (χ4n) is 3.33. The number of pyridine rings is 1. The Kier molecular flexibility index (Phi) is 5.87. The number of fused-ring (bicyclic) bond motifs is 1. The van der Waals surface area contributed by atoms with Crippen LogP contribution in [0.4, 0.5) is 5.69 Å². The van der Waals surface area contributed by atoms with Gasteiger partial charge in [-0.05, 0) is 36.1 Å². The third-order valence-electron chi connectivity index (χ3n) is 4.71. The van der Waals surface area contributed by atoms with Crippen LogP contribution in [0.15, 0.2) is 52.6 Å². The summed E-state index contributed by atoms with van der Waals surface area (Å²) < 4.78 is 23.2. The van der Waals surface area contributed by atoms with Crippen molar-refractivity contribution in [1.29, 1.82) is 0 Å². The number of hydrogen-bond acceptors (Lipinski definition) is 4. The number of hydrogen-bond donors (Lipinski definition) is 1. The maximum atomic E-state index is 11.6. The number of allylic oxidation sites excluding steroid dienone is 1. The van der Waals surface area contributed by atoms with E-state index >= 15 is 0 Å². The molecule has 2 N–H and O–H groups in total. The average Bonchev–Trinajstić information content (AvgIpc) is 2.81. The Bertz CT molecular complexity index is 994. The fourth-order valence-corrected chi connectivity index (χ4v) is 3.83. The highest BCUT2D eigenvalue weighted by Gasteiger charge is 2.17. The van der Waals surface area contributed by atoms with Crippen molar-refractivity contribution in [3.8, 4) is 11.1 Å². The van der Waals surface area contributed by atoms with E-state index in [4.69, 9.17) is 10.1 Å². The Balaban J connectivity index is 2.05. The van der Waals surface area contributed by atoms with Gasteiger partial charge in [0.1, 0.15) is 4.90 Å². The smallest absolute Gasteiger partial charge is 0.239 e. The van der Waals surface area contributed by atoms with Crippen molar-refractivity contribution in [2.24, 2.45) is 16.0 Å². The van der Waals surface area contributed by atoms with Crippen LogP contribution in [0.2, 0.25) is 0 Å². The van der Waals surface area contributed by atoms with Crippen molar-refractivity contribution >= 4 is 27.5 Å². The van der Waals surface area contributed by atoms with Gasteiger partial charge in [0.05, 0.1) is 5.69 Å². The molecule has 0 spiro atoms. The maximum Gasteiger partial charge on any atom is 0.239 e. The summed E-state index contributed by atoms with van der Waals surface area (Å²) in [6, 6.07) is 7.52. The summed E-state index contributed by atoms with van der Waals surface area (Å²) in [5, 5.41) is 5.23. The summed E-state index contributed by atoms with van der Waals surface area (Å²) in [6.07, 6.45) is 11.5. The van der Waals surface area contributed by atoms with E-state index in [2.05, 4.69) is 31.0 Å². The van der Waals surface area contributed by atoms with Crippen molar-refractivity contribution in [1.82, 2.24) is 4.98 Å². The van der Waals surface area contributed by atoms with Gasteiger partial charge in [-0.2, -0.15) is 0 Å². The lowest BCUT2D eigenvalue weighted by Crippen LogP contribution is -2.12. The topological polar surface area (TPSA) is 85.4 Å². The van der Waals surface area contributed by atoms with Gasteiger partial charge in [0, 0.05) is 29.6 Å². The molecule has 27 heavy (non-hydrogen) atoms. The number of aliphatic imine (C=N–C) groups is 1. The van der Waals surface area contributed by atoms with Crippen molar-refractivity contribution in [2.75, 3.05) is 0 Å². The summed E-state index contributed by atoms with van der Waals surface area (Å²) in [4.78, 5) is 9.01. The number of nitrogens with two attached hydrogens (primary N) is 1. The van der Waals surface area contributed by atoms with Crippen molar-refractivity contribution in [3.63, 3.8) is 0 Å². The molecule has 1 aromatic carbocycles. The zero-order chi connectivity index (χ0) is 19.4. The van der Waals surface area contributed by atoms with Crippen molar-refractivity contribution < 1.29 is 8.42 Å². The minimum Gasteiger partial charge on any atom is -0.263 e. The van der Waals surface area contributed by atoms with Crippen LogP contribution in [-0.2, 0) is 10.0 Å². The van der Waals surface area contributed by atoms with Gasteiger partial charge < -0.3 is 0 Å². The van der Waals surface area contributed by atoms with Crippen LogP contribution < -0.4 is 5.14 Å². The molecule has 5 nitrogen and oxygen atoms in total. The van der Waals surface area contributed by atoms with E-state index < -0.39 is 10.0 Å². The van der Waals surface area contributed by atoms with Gasteiger partial charge in [-0.1, -0.05) is 51.0 Å². The standard InChI is InChI=1S/C21H25N3O2S/c1-3-5-15-7-8-16-9-10-17(12-21(16)24-20(15)6-4-2)18-11-19(14-23-13-18)27(22,25)26/h7-15H,3-6H2,1-2H3,(H2,22,25,26). The summed E-state index contributed by atoms with van der Waals surface area (Å²) in [5.74, 6) is 0.373. The highest BCUT2D eigenvalue weighted by Crippen LogP contribution is 2.33. The van der Waals surface area contributed by atoms with E-state index in [1.807, 2.05) is 18.2 Å². The molecule has 1 unspecified atom stereocenters. The minimum absolute atomic E-state index is 0.00743. The van der Waals surface area contributed by atoms with E-state index in [1.54, 1.807) is 12.3 Å². The van der Waals surface area contributed by atoms with Crippen LogP contribution in [-0.4, -0.2) is 19.1 Å². The molecule has 0 fully saturated rings. The number of primary sulfonamides is 1. The number of aromatic nitrogens is 1. The molecule has 3 rings (SSSR count). The molecule has 6 heteroatoms. The predicted molar refractivity (Wildman–Crippen MR) is 110 cm³/mol. The van der Waals surface area contributed by atoms with Crippen molar-refractivity contribution in [3.05, 3.63) is 48.3 Å². The second-order valence-electron chi connectivity index (χ2n) is 6.84. The summed E-state index contributed by atoms with van der Waals surface area (Å²) in [5.41, 5.74) is 4.76. The SMILES string of the molecule is CCCC1=Nc2cc(-c3cncc(S(N)(=O)=O)c3)ccc2C=CC1CCC. The van der Waals surface area contributed by atoms with E-state index in [9.17, 15) is 8.42 Å². The molecule has 0 amide bonds. The first-order valence-corrected chi connectivity index (χ1v) is 10.8. The van der Waals surface area contributed by atoms with Gasteiger partial charge in [0.15, 0.2) is 0 Å². The van der Waals surface area contributed by atoms with E-state index in [0.29, 0.717) is 11.5 Å². The second kappa shape index (κ2) is 8.15. The van der Waals surface area contributed by atoms with Crippen LogP contribution in [0.1, 0.15) is 45.1 Å². The van der Waals surface area contributed by atoms with Gasteiger partial charge in [-0.25, -0.2) is 13.6 Å². The monoisotopic (exact) mass is 383 g/mol. The lowest BCUT2D eigenvalue weighted by atomic mass is 9.94. The zero-order valence-corrected chi connectivity index (χ0v) is 16.5. The van der Waals surface area contributed by atoms with Gasteiger partial charge in [0.25, 0.3) is 0 Å². The number of sulfonamides is 1. The Morgan fingerprint density at radius 1 is 1.07 bits per heavy atom. The van der Waals surface area contributed by atoms with Gasteiger partial charge in [-0.15, -0.1) is 0 Å². The quantitative estimate of drug-likeness (QED) is 0.783. The fraction of sp³-hybridized carbons (Fsp3) is 0.333. The molecular weight excluding hydrogens is 358 g/mol. The Hall–Kier alpha value is -2.31. The van der Waals surface area contributed by atoms with E-state index in [-0.39, 0.29) is 4.90 Å². The number of benzene rings is 1. The minimum atomic E-state index is -3.79. The first-order chi connectivity index (χ1) is 12.9.